The van der Waals surface area contributed by atoms with E-state index in [0.29, 0.717) is 19.1 Å². The van der Waals surface area contributed by atoms with Crippen LogP contribution in [-0.4, -0.2) is 56.2 Å². The highest BCUT2D eigenvalue weighted by atomic mass is 127. The summed E-state index contributed by atoms with van der Waals surface area (Å²) in [6, 6.07) is 8.43. The third kappa shape index (κ3) is 8.96. The Labute approximate surface area is 204 Å². The van der Waals surface area contributed by atoms with Crippen molar-refractivity contribution >= 4 is 35.8 Å². The first-order chi connectivity index (χ1) is 14.8. The van der Waals surface area contributed by atoms with E-state index < -0.39 is 0 Å². The van der Waals surface area contributed by atoms with E-state index in [0.717, 1.165) is 45.0 Å². The summed E-state index contributed by atoms with van der Waals surface area (Å²) in [7, 11) is 1.78. The first kappa shape index (κ1) is 25.9. The minimum atomic E-state index is 0. The van der Waals surface area contributed by atoms with Crippen molar-refractivity contribution in [3.8, 4) is 0 Å². The molecule has 0 spiro atoms. The van der Waals surface area contributed by atoms with Crippen LogP contribution in [0.1, 0.15) is 62.5 Å². The number of carbonyl (C=O) groups is 1. The Morgan fingerprint density at radius 3 is 2.55 bits per heavy atom. The minimum absolute atomic E-state index is 0. The second kappa shape index (κ2) is 14.7. The molecule has 31 heavy (non-hydrogen) atoms. The molecule has 0 bridgehead atoms. The molecule has 1 heterocycles. The molecule has 2 N–H and O–H groups in total. The molecule has 0 saturated heterocycles. The number of rotatable bonds is 8. The first-order valence-electron chi connectivity index (χ1n) is 11.7. The highest BCUT2D eigenvalue weighted by Crippen LogP contribution is 2.20. The molecule has 7 heteroatoms. The summed E-state index contributed by atoms with van der Waals surface area (Å²) in [5.74, 6) is 1.02. The van der Waals surface area contributed by atoms with E-state index in [1.807, 2.05) is 4.90 Å². The molecule has 0 radical (unpaired) electrons. The second-order valence-electron chi connectivity index (χ2n) is 8.35. The van der Waals surface area contributed by atoms with Crippen molar-refractivity contribution in [2.45, 2.75) is 70.4 Å². The van der Waals surface area contributed by atoms with Crippen molar-refractivity contribution in [3.63, 3.8) is 0 Å². The van der Waals surface area contributed by atoms with Crippen LogP contribution >= 0.6 is 24.0 Å². The molecule has 0 unspecified atom stereocenters. The van der Waals surface area contributed by atoms with Gasteiger partial charge in [0.05, 0.1) is 12.7 Å². The van der Waals surface area contributed by atoms with Gasteiger partial charge in [-0.1, -0.05) is 49.9 Å². The van der Waals surface area contributed by atoms with E-state index in [4.69, 9.17) is 4.74 Å². The lowest BCUT2D eigenvalue weighted by Crippen LogP contribution is -2.40. The molecule has 1 aliphatic heterocycles. The average Bonchev–Trinajstić information content (AvgIpc) is 3.06. The monoisotopic (exact) mass is 542 g/mol. The molecule has 1 fully saturated rings. The van der Waals surface area contributed by atoms with Gasteiger partial charge in [-0.3, -0.25) is 9.79 Å². The lowest BCUT2D eigenvalue weighted by molar-refractivity contribution is -0.132. The topological polar surface area (TPSA) is 66.0 Å². The molecule has 1 aromatic rings. The Kier molecular flexibility index (Phi) is 12.3. The van der Waals surface area contributed by atoms with Gasteiger partial charge in [-0.15, -0.1) is 24.0 Å². The zero-order valence-corrected chi connectivity index (χ0v) is 21.2. The number of benzene rings is 1. The second-order valence-corrected chi connectivity index (χ2v) is 8.35. The molecule has 2 aliphatic rings. The molecule has 174 valence electrons. The van der Waals surface area contributed by atoms with Crippen molar-refractivity contribution in [2.24, 2.45) is 4.99 Å². The predicted molar refractivity (Wildman–Crippen MR) is 137 cm³/mol. The Morgan fingerprint density at radius 2 is 1.81 bits per heavy atom. The minimum Gasteiger partial charge on any atom is -0.376 e. The quantitative estimate of drug-likeness (QED) is 0.172. The third-order valence-electron chi connectivity index (χ3n) is 6.12. The fourth-order valence-electron chi connectivity index (χ4n) is 4.34. The van der Waals surface area contributed by atoms with Crippen LogP contribution in [0.25, 0.3) is 0 Å². The van der Waals surface area contributed by atoms with Crippen molar-refractivity contribution < 1.29 is 9.53 Å². The fraction of sp³-hybridized carbons (Fsp3) is 0.667. The van der Waals surface area contributed by atoms with Gasteiger partial charge < -0.3 is 20.3 Å². The lowest BCUT2D eigenvalue weighted by Gasteiger charge is -2.29. The van der Waals surface area contributed by atoms with Crippen LogP contribution < -0.4 is 10.6 Å². The zero-order valence-electron chi connectivity index (χ0n) is 18.9. The number of guanidine groups is 1. The number of hydrogen-bond donors (Lipinski definition) is 2. The summed E-state index contributed by atoms with van der Waals surface area (Å²) < 4.78 is 6.01. The SMILES string of the molecule is CN=C(NCCCC(=O)N1CCc2ccccc2C1)NCCOC1CCCCCC1.I. The third-order valence-corrected chi connectivity index (χ3v) is 6.12. The number of aliphatic imine (C=N–C) groups is 1. The van der Waals surface area contributed by atoms with Crippen LogP contribution in [0, 0.1) is 0 Å². The number of nitrogens with zero attached hydrogens (tertiary/aromatic N) is 2. The van der Waals surface area contributed by atoms with E-state index in [2.05, 4.69) is 39.9 Å². The van der Waals surface area contributed by atoms with Gasteiger partial charge in [0.25, 0.3) is 0 Å². The fourth-order valence-corrected chi connectivity index (χ4v) is 4.34. The summed E-state index contributed by atoms with van der Waals surface area (Å²) in [5.41, 5.74) is 2.66. The molecule has 1 aliphatic carbocycles. The summed E-state index contributed by atoms with van der Waals surface area (Å²) in [6.45, 7) is 3.77. The Morgan fingerprint density at radius 1 is 1.10 bits per heavy atom. The zero-order chi connectivity index (χ0) is 21.0. The lowest BCUT2D eigenvalue weighted by atomic mass is 9.99. The number of fused-ring (bicyclic) bond motifs is 1. The standard InChI is InChI=1S/C24H38N4O2.HI/c1-25-24(27-16-18-30-22-11-4-2-3-5-12-22)26-15-8-13-23(29)28-17-14-20-9-6-7-10-21(20)19-28;/h6-7,9-10,22H,2-5,8,11-19H2,1H3,(H2,25,26,27);1H. The van der Waals surface area contributed by atoms with Crippen molar-refractivity contribution in [1.82, 2.24) is 15.5 Å². The average molecular weight is 543 g/mol. The van der Waals surface area contributed by atoms with Crippen LogP contribution in [-0.2, 0) is 22.5 Å². The van der Waals surface area contributed by atoms with Gasteiger partial charge in [-0.05, 0) is 36.8 Å². The number of halogens is 1. The highest BCUT2D eigenvalue weighted by molar-refractivity contribution is 14.0. The van der Waals surface area contributed by atoms with E-state index in [1.165, 1.54) is 49.7 Å². The molecule has 1 aromatic carbocycles. The summed E-state index contributed by atoms with van der Waals surface area (Å²) >= 11 is 0. The number of hydrogen-bond acceptors (Lipinski definition) is 3. The van der Waals surface area contributed by atoms with Crippen LogP contribution in [0.4, 0.5) is 0 Å². The summed E-state index contributed by atoms with van der Waals surface area (Å²) in [5, 5.41) is 6.61. The number of nitrogens with one attached hydrogen (secondary N) is 2. The van der Waals surface area contributed by atoms with Crippen molar-refractivity contribution in [1.29, 1.82) is 0 Å². The Bertz CT molecular complexity index is 690. The predicted octanol–water partition coefficient (Wildman–Crippen LogP) is 3.87. The largest absolute Gasteiger partial charge is 0.376 e. The number of amides is 1. The van der Waals surface area contributed by atoms with Crippen molar-refractivity contribution in [3.05, 3.63) is 35.4 Å². The molecular formula is C24H39IN4O2. The highest BCUT2D eigenvalue weighted by Gasteiger charge is 2.19. The molecular weight excluding hydrogens is 503 g/mol. The molecule has 3 rings (SSSR count). The van der Waals surface area contributed by atoms with Crippen LogP contribution in [0.2, 0.25) is 0 Å². The maximum atomic E-state index is 12.5. The van der Waals surface area contributed by atoms with Gasteiger partial charge in [0.1, 0.15) is 0 Å². The Balaban J connectivity index is 0.00000341. The summed E-state index contributed by atoms with van der Waals surface area (Å²) in [6.07, 6.45) is 10.4. The first-order valence-corrected chi connectivity index (χ1v) is 11.7. The van der Waals surface area contributed by atoms with Crippen molar-refractivity contribution in [2.75, 3.05) is 33.3 Å². The van der Waals surface area contributed by atoms with Gasteiger partial charge in [0, 0.05) is 39.6 Å². The van der Waals surface area contributed by atoms with Gasteiger partial charge in [-0.2, -0.15) is 0 Å². The van der Waals surface area contributed by atoms with E-state index >= 15 is 0 Å². The normalized spacial score (nSPS) is 17.3. The van der Waals surface area contributed by atoms with Crippen LogP contribution in [0.5, 0.6) is 0 Å². The maximum Gasteiger partial charge on any atom is 0.222 e. The molecule has 1 amide bonds. The van der Waals surface area contributed by atoms with Gasteiger partial charge in [0.2, 0.25) is 5.91 Å². The van der Waals surface area contributed by atoms with E-state index in [9.17, 15) is 4.79 Å². The molecule has 1 saturated carbocycles. The van der Waals surface area contributed by atoms with Gasteiger partial charge in [0.15, 0.2) is 5.96 Å². The number of carbonyl (C=O) groups excluding carboxylic acids is 1. The molecule has 0 atom stereocenters. The van der Waals surface area contributed by atoms with Crippen LogP contribution in [0.3, 0.4) is 0 Å². The van der Waals surface area contributed by atoms with E-state index in [-0.39, 0.29) is 29.9 Å². The summed E-state index contributed by atoms with van der Waals surface area (Å²) in [4.78, 5) is 18.8. The maximum absolute atomic E-state index is 12.5. The van der Waals surface area contributed by atoms with E-state index in [1.54, 1.807) is 7.05 Å². The van der Waals surface area contributed by atoms with Gasteiger partial charge >= 0.3 is 0 Å². The molecule has 0 aromatic heterocycles. The molecule has 6 nitrogen and oxygen atoms in total. The Hall–Kier alpha value is -1.35. The smallest absolute Gasteiger partial charge is 0.222 e. The van der Waals surface area contributed by atoms with Gasteiger partial charge in [-0.25, -0.2) is 0 Å². The van der Waals surface area contributed by atoms with Crippen LogP contribution in [0.15, 0.2) is 29.3 Å². The number of ether oxygens (including phenoxy) is 1.